The molecule has 1 aliphatic heterocycles. The first-order chi connectivity index (χ1) is 11.3. The van der Waals surface area contributed by atoms with Gasteiger partial charge in [-0.2, -0.15) is 0 Å². The van der Waals surface area contributed by atoms with Crippen molar-refractivity contribution in [2.45, 2.75) is 19.3 Å². The van der Waals surface area contributed by atoms with E-state index in [1.807, 2.05) is 24.3 Å². The summed E-state index contributed by atoms with van der Waals surface area (Å²) < 4.78 is 4.71. The van der Waals surface area contributed by atoms with E-state index in [0.29, 0.717) is 0 Å². The number of thiophene rings is 1. The fourth-order valence-electron chi connectivity index (χ4n) is 2.84. The fourth-order valence-corrected chi connectivity index (χ4v) is 3.98. The number of ether oxygens (including phenoxy) is 1. The maximum Gasteiger partial charge on any atom is 0.330 e. The van der Waals surface area contributed by atoms with Crippen molar-refractivity contribution >= 4 is 28.4 Å². The predicted octanol–water partition coefficient (Wildman–Crippen LogP) is 4.59. The van der Waals surface area contributed by atoms with Gasteiger partial charge in [-0.25, -0.2) is 4.79 Å². The SMILES string of the molecule is COC(=O)/C=C/c1sc(N2CCCCC2)cc1-c1ccccc1. The summed E-state index contributed by atoms with van der Waals surface area (Å²) in [6.45, 7) is 2.24. The Morgan fingerprint density at radius 3 is 2.61 bits per heavy atom. The van der Waals surface area contributed by atoms with E-state index >= 15 is 0 Å². The maximum absolute atomic E-state index is 11.4. The van der Waals surface area contributed by atoms with Crippen LogP contribution in [0, 0.1) is 0 Å². The Hall–Kier alpha value is -2.07. The third-order valence-electron chi connectivity index (χ3n) is 4.07. The molecule has 2 heterocycles. The molecule has 0 atom stereocenters. The standard InChI is InChI=1S/C19H21NO2S/c1-22-19(21)11-10-17-16(15-8-4-2-5-9-15)14-18(23-17)20-12-6-3-7-13-20/h2,4-5,8-11,14H,3,6-7,12-13H2,1H3/b11-10+. The lowest BCUT2D eigenvalue weighted by Gasteiger charge is -2.27. The zero-order chi connectivity index (χ0) is 16.1. The zero-order valence-corrected chi connectivity index (χ0v) is 14.1. The second kappa shape index (κ2) is 7.47. The van der Waals surface area contributed by atoms with Gasteiger partial charge in [0.1, 0.15) is 0 Å². The summed E-state index contributed by atoms with van der Waals surface area (Å²) in [6.07, 6.45) is 7.20. The van der Waals surface area contributed by atoms with Crippen molar-refractivity contribution in [2.75, 3.05) is 25.1 Å². The Morgan fingerprint density at radius 1 is 1.17 bits per heavy atom. The number of hydrogen-bond acceptors (Lipinski definition) is 4. The Morgan fingerprint density at radius 2 is 1.91 bits per heavy atom. The molecule has 120 valence electrons. The molecule has 4 heteroatoms. The van der Waals surface area contributed by atoms with E-state index < -0.39 is 0 Å². The van der Waals surface area contributed by atoms with Gasteiger partial charge < -0.3 is 9.64 Å². The van der Waals surface area contributed by atoms with Crippen LogP contribution in [0.15, 0.2) is 42.5 Å². The molecule has 0 unspecified atom stereocenters. The molecule has 0 amide bonds. The second-order valence-corrected chi connectivity index (χ2v) is 6.70. The van der Waals surface area contributed by atoms with Gasteiger partial charge in [-0.15, -0.1) is 11.3 Å². The van der Waals surface area contributed by atoms with E-state index in [9.17, 15) is 4.79 Å². The van der Waals surface area contributed by atoms with Gasteiger partial charge >= 0.3 is 5.97 Å². The van der Waals surface area contributed by atoms with Gasteiger partial charge in [-0.3, -0.25) is 0 Å². The summed E-state index contributed by atoms with van der Waals surface area (Å²) in [5, 5.41) is 1.29. The monoisotopic (exact) mass is 327 g/mol. The Labute approximate surface area is 141 Å². The first-order valence-electron chi connectivity index (χ1n) is 7.98. The van der Waals surface area contributed by atoms with E-state index in [0.717, 1.165) is 18.0 Å². The molecule has 23 heavy (non-hydrogen) atoms. The molecule has 0 bridgehead atoms. The molecule has 0 saturated carbocycles. The number of methoxy groups -OCH3 is 1. The Kier molecular flexibility index (Phi) is 5.13. The number of rotatable bonds is 4. The van der Waals surface area contributed by atoms with E-state index in [4.69, 9.17) is 4.74 Å². The molecule has 1 aromatic carbocycles. The molecule has 1 saturated heterocycles. The summed E-state index contributed by atoms with van der Waals surface area (Å²) in [6, 6.07) is 12.6. The third-order valence-corrected chi connectivity index (χ3v) is 5.23. The lowest BCUT2D eigenvalue weighted by Crippen LogP contribution is -2.28. The van der Waals surface area contributed by atoms with Gasteiger partial charge in [0.15, 0.2) is 0 Å². The van der Waals surface area contributed by atoms with Crippen LogP contribution in [0.5, 0.6) is 0 Å². The number of benzene rings is 1. The molecular weight excluding hydrogens is 306 g/mol. The highest BCUT2D eigenvalue weighted by molar-refractivity contribution is 7.17. The lowest BCUT2D eigenvalue weighted by molar-refractivity contribution is -0.134. The van der Waals surface area contributed by atoms with Gasteiger partial charge in [-0.1, -0.05) is 30.3 Å². The van der Waals surface area contributed by atoms with Crippen LogP contribution in [0.1, 0.15) is 24.1 Å². The minimum Gasteiger partial charge on any atom is -0.466 e. The average Bonchev–Trinajstić information content (AvgIpc) is 3.05. The van der Waals surface area contributed by atoms with Crippen LogP contribution in [0.4, 0.5) is 5.00 Å². The van der Waals surface area contributed by atoms with Gasteiger partial charge in [0.2, 0.25) is 0 Å². The smallest absolute Gasteiger partial charge is 0.330 e. The normalized spacial score (nSPS) is 15.1. The van der Waals surface area contributed by atoms with E-state index in [2.05, 4.69) is 23.1 Å². The van der Waals surface area contributed by atoms with Gasteiger partial charge in [-0.05, 0) is 37.0 Å². The molecule has 3 rings (SSSR count). The zero-order valence-electron chi connectivity index (χ0n) is 13.3. The van der Waals surface area contributed by atoms with E-state index in [1.165, 1.54) is 48.6 Å². The minimum absolute atomic E-state index is 0.322. The number of anilines is 1. The summed E-state index contributed by atoms with van der Waals surface area (Å²) >= 11 is 1.74. The number of esters is 1. The quantitative estimate of drug-likeness (QED) is 0.607. The highest BCUT2D eigenvalue weighted by Gasteiger charge is 2.16. The Bertz CT molecular complexity index is 685. The fraction of sp³-hybridized carbons (Fsp3) is 0.316. The number of nitrogens with zero attached hydrogens (tertiary/aromatic N) is 1. The molecule has 0 radical (unpaired) electrons. The van der Waals surface area contributed by atoms with Crippen LogP contribution >= 0.6 is 11.3 Å². The van der Waals surface area contributed by atoms with Crippen molar-refractivity contribution in [3.05, 3.63) is 47.4 Å². The van der Waals surface area contributed by atoms with Crippen molar-refractivity contribution in [1.29, 1.82) is 0 Å². The predicted molar refractivity (Wildman–Crippen MR) is 96.9 cm³/mol. The Balaban J connectivity index is 1.96. The van der Waals surface area contributed by atoms with E-state index in [-0.39, 0.29) is 5.97 Å². The molecule has 1 fully saturated rings. The van der Waals surface area contributed by atoms with Crippen LogP contribution in [0.3, 0.4) is 0 Å². The molecular formula is C19H21NO2S. The van der Waals surface area contributed by atoms with Gasteiger partial charge in [0, 0.05) is 29.6 Å². The molecule has 0 aliphatic carbocycles. The second-order valence-electron chi connectivity index (χ2n) is 5.63. The minimum atomic E-state index is -0.322. The summed E-state index contributed by atoms with van der Waals surface area (Å²) in [5.74, 6) is -0.322. The lowest BCUT2D eigenvalue weighted by atomic mass is 10.1. The molecule has 1 aromatic heterocycles. The van der Waals surface area contributed by atoms with Crippen LogP contribution in [0.2, 0.25) is 0 Å². The highest BCUT2D eigenvalue weighted by atomic mass is 32.1. The maximum atomic E-state index is 11.4. The van der Waals surface area contributed by atoms with Crippen LogP contribution in [-0.2, 0) is 9.53 Å². The summed E-state index contributed by atoms with van der Waals surface area (Å²) in [4.78, 5) is 15.0. The summed E-state index contributed by atoms with van der Waals surface area (Å²) in [5.41, 5.74) is 2.35. The van der Waals surface area contributed by atoms with Crippen LogP contribution in [0.25, 0.3) is 17.2 Å². The van der Waals surface area contributed by atoms with Gasteiger partial charge in [0.05, 0.1) is 12.1 Å². The topological polar surface area (TPSA) is 29.5 Å². The van der Waals surface area contributed by atoms with Crippen LogP contribution in [-0.4, -0.2) is 26.2 Å². The number of hydrogen-bond donors (Lipinski definition) is 0. The van der Waals surface area contributed by atoms with Gasteiger partial charge in [0.25, 0.3) is 0 Å². The molecule has 2 aromatic rings. The molecule has 0 spiro atoms. The van der Waals surface area contributed by atoms with Crippen LogP contribution < -0.4 is 4.90 Å². The molecule has 1 aliphatic rings. The first-order valence-corrected chi connectivity index (χ1v) is 8.80. The average molecular weight is 327 g/mol. The highest BCUT2D eigenvalue weighted by Crippen LogP contribution is 2.38. The van der Waals surface area contributed by atoms with E-state index in [1.54, 1.807) is 11.3 Å². The number of piperidine rings is 1. The van der Waals surface area contributed by atoms with Crippen molar-refractivity contribution in [3.8, 4) is 11.1 Å². The van der Waals surface area contributed by atoms with Crippen molar-refractivity contribution in [1.82, 2.24) is 0 Å². The number of carbonyl (C=O) groups excluding carboxylic acids is 1. The first kappa shape index (κ1) is 15.8. The largest absolute Gasteiger partial charge is 0.466 e. The number of carbonyl (C=O) groups is 1. The molecule has 0 N–H and O–H groups in total. The van der Waals surface area contributed by atoms with Crippen molar-refractivity contribution in [2.24, 2.45) is 0 Å². The van der Waals surface area contributed by atoms with Crippen molar-refractivity contribution in [3.63, 3.8) is 0 Å². The third kappa shape index (κ3) is 3.82. The van der Waals surface area contributed by atoms with Crippen molar-refractivity contribution < 1.29 is 9.53 Å². The molecule has 3 nitrogen and oxygen atoms in total. The summed E-state index contributed by atoms with van der Waals surface area (Å²) in [7, 11) is 1.40.